The van der Waals surface area contributed by atoms with Gasteiger partial charge in [-0.05, 0) is 57.7 Å². The molecular formula is C28H41N3O7. The smallest absolute Gasteiger partial charge is 0.159 e. The molecule has 1 heterocycles. The fourth-order valence-corrected chi connectivity index (χ4v) is 3.55. The predicted molar refractivity (Wildman–Crippen MR) is 142 cm³/mol. The van der Waals surface area contributed by atoms with Crippen molar-refractivity contribution >= 4 is 17.3 Å². The first-order valence-corrected chi connectivity index (χ1v) is 13.3. The Hall–Kier alpha value is -2.95. The number of carbonyl (C=O) groups is 3. The molecule has 0 bridgehead atoms. The topological polar surface area (TPSA) is 119 Å². The summed E-state index contributed by atoms with van der Waals surface area (Å²) in [4.78, 5) is 35.6. The Labute approximate surface area is 225 Å². The first kappa shape index (κ1) is 31.3. The number of aromatic nitrogens is 3. The van der Waals surface area contributed by atoms with Crippen molar-refractivity contribution in [2.24, 2.45) is 0 Å². The number of hydrogen-bond donors (Lipinski definition) is 0. The summed E-state index contributed by atoms with van der Waals surface area (Å²) >= 11 is 0. The fourth-order valence-electron chi connectivity index (χ4n) is 3.55. The van der Waals surface area contributed by atoms with E-state index in [0.29, 0.717) is 95.2 Å². The highest BCUT2D eigenvalue weighted by atomic mass is 16.5. The van der Waals surface area contributed by atoms with Gasteiger partial charge in [-0.15, -0.1) is 5.10 Å². The first-order valence-electron chi connectivity index (χ1n) is 13.3. The second-order valence-electron chi connectivity index (χ2n) is 9.01. The Morgan fingerprint density at radius 1 is 0.789 bits per heavy atom. The van der Waals surface area contributed by atoms with Gasteiger partial charge in [0.25, 0.3) is 0 Å². The van der Waals surface area contributed by atoms with Crippen LogP contribution in [0.25, 0.3) is 0 Å². The lowest BCUT2D eigenvalue weighted by molar-refractivity contribution is -0.119. The van der Waals surface area contributed by atoms with Crippen LogP contribution in [0.2, 0.25) is 0 Å². The SMILES string of the molecule is CCCOCCOCCOCCn1cc(CCCC(=O)CCCOc2cc(C(C)=O)cc(C(C)=O)c2)nn1. The van der Waals surface area contributed by atoms with Crippen LogP contribution in [0.15, 0.2) is 24.4 Å². The third-order valence-corrected chi connectivity index (χ3v) is 5.62. The molecule has 0 N–H and O–H groups in total. The summed E-state index contributed by atoms with van der Waals surface area (Å²) in [7, 11) is 0. The van der Waals surface area contributed by atoms with Gasteiger partial charge in [-0.2, -0.15) is 0 Å². The maximum absolute atomic E-state index is 12.2. The third-order valence-electron chi connectivity index (χ3n) is 5.62. The van der Waals surface area contributed by atoms with Crippen molar-refractivity contribution in [3.05, 3.63) is 41.2 Å². The summed E-state index contributed by atoms with van der Waals surface area (Å²) in [5.74, 6) is 0.360. The number of nitrogens with zero attached hydrogens (tertiary/aromatic N) is 3. The summed E-state index contributed by atoms with van der Waals surface area (Å²) in [5, 5.41) is 8.27. The molecule has 0 atom stereocenters. The quantitative estimate of drug-likeness (QED) is 0.165. The van der Waals surface area contributed by atoms with Gasteiger partial charge in [0.1, 0.15) is 11.5 Å². The highest BCUT2D eigenvalue weighted by Crippen LogP contribution is 2.19. The maximum Gasteiger partial charge on any atom is 0.159 e. The Bertz CT molecular complexity index is 974. The van der Waals surface area contributed by atoms with Crippen molar-refractivity contribution in [1.29, 1.82) is 0 Å². The van der Waals surface area contributed by atoms with E-state index in [0.717, 1.165) is 18.7 Å². The van der Waals surface area contributed by atoms with E-state index < -0.39 is 0 Å². The van der Waals surface area contributed by atoms with Gasteiger partial charge in [0, 0.05) is 36.8 Å². The van der Waals surface area contributed by atoms with Crippen molar-refractivity contribution in [3.63, 3.8) is 0 Å². The number of benzene rings is 1. The largest absolute Gasteiger partial charge is 0.494 e. The first-order chi connectivity index (χ1) is 18.4. The molecule has 210 valence electrons. The molecule has 0 spiro atoms. The van der Waals surface area contributed by atoms with Crippen LogP contribution in [-0.4, -0.2) is 78.6 Å². The monoisotopic (exact) mass is 531 g/mol. The normalized spacial score (nSPS) is 11.0. The predicted octanol–water partition coefficient (Wildman–Crippen LogP) is 3.89. The Morgan fingerprint density at radius 3 is 2.03 bits per heavy atom. The maximum atomic E-state index is 12.2. The van der Waals surface area contributed by atoms with Gasteiger partial charge in [0.2, 0.25) is 0 Å². The molecule has 0 aliphatic carbocycles. The lowest BCUT2D eigenvalue weighted by Crippen LogP contribution is -2.12. The summed E-state index contributed by atoms with van der Waals surface area (Å²) in [6.07, 6.45) is 5.72. The van der Waals surface area contributed by atoms with Gasteiger partial charge < -0.3 is 18.9 Å². The summed E-state index contributed by atoms with van der Waals surface area (Å²) in [6.45, 7) is 9.43. The van der Waals surface area contributed by atoms with E-state index >= 15 is 0 Å². The molecule has 0 radical (unpaired) electrons. The average molecular weight is 532 g/mol. The average Bonchev–Trinajstić information content (AvgIpc) is 3.35. The summed E-state index contributed by atoms with van der Waals surface area (Å²) in [6, 6.07) is 4.81. The van der Waals surface area contributed by atoms with Crippen LogP contribution in [0.3, 0.4) is 0 Å². The second kappa shape index (κ2) is 18.3. The molecule has 0 aliphatic heterocycles. The summed E-state index contributed by atoms with van der Waals surface area (Å²) < 4.78 is 23.8. The number of ketones is 3. The zero-order chi connectivity index (χ0) is 27.6. The zero-order valence-electron chi connectivity index (χ0n) is 22.9. The Kier molecular flexibility index (Phi) is 15.1. The number of carbonyl (C=O) groups excluding carboxylic acids is 3. The molecule has 0 saturated carbocycles. The second-order valence-corrected chi connectivity index (χ2v) is 9.01. The molecule has 38 heavy (non-hydrogen) atoms. The van der Waals surface area contributed by atoms with Crippen molar-refractivity contribution in [2.45, 2.75) is 65.8 Å². The van der Waals surface area contributed by atoms with E-state index in [1.807, 2.05) is 6.20 Å². The van der Waals surface area contributed by atoms with Gasteiger partial charge in [-0.1, -0.05) is 12.1 Å². The lowest BCUT2D eigenvalue weighted by atomic mass is 10.0. The zero-order valence-corrected chi connectivity index (χ0v) is 22.9. The van der Waals surface area contributed by atoms with E-state index in [-0.39, 0.29) is 17.3 Å². The molecule has 0 fully saturated rings. The van der Waals surface area contributed by atoms with Gasteiger partial charge in [-0.25, -0.2) is 4.68 Å². The van der Waals surface area contributed by atoms with Crippen LogP contribution in [0.1, 0.15) is 79.3 Å². The number of rotatable bonds is 22. The highest BCUT2D eigenvalue weighted by molar-refractivity contribution is 6.00. The molecule has 0 unspecified atom stereocenters. The minimum Gasteiger partial charge on any atom is -0.494 e. The van der Waals surface area contributed by atoms with E-state index in [2.05, 4.69) is 17.2 Å². The molecule has 10 heteroatoms. The van der Waals surface area contributed by atoms with E-state index in [9.17, 15) is 14.4 Å². The molecule has 10 nitrogen and oxygen atoms in total. The van der Waals surface area contributed by atoms with Gasteiger partial charge in [-0.3, -0.25) is 14.4 Å². The van der Waals surface area contributed by atoms with Crippen molar-refractivity contribution in [2.75, 3.05) is 46.2 Å². The fraction of sp³-hybridized carbons (Fsp3) is 0.607. The van der Waals surface area contributed by atoms with Gasteiger partial charge >= 0.3 is 0 Å². The van der Waals surface area contributed by atoms with Gasteiger partial charge in [0.05, 0.1) is 51.9 Å². The van der Waals surface area contributed by atoms with E-state index in [1.54, 1.807) is 22.9 Å². The molecule has 1 aromatic carbocycles. The Balaban J connectivity index is 1.54. The van der Waals surface area contributed by atoms with Crippen LogP contribution >= 0.6 is 0 Å². The molecule has 1 aromatic heterocycles. The molecular weight excluding hydrogens is 490 g/mol. The third kappa shape index (κ3) is 13.0. The van der Waals surface area contributed by atoms with Crippen LogP contribution < -0.4 is 4.74 Å². The lowest BCUT2D eigenvalue weighted by Gasteiger charge is -2.09. The standard InChI is InChI=1S/C28H41N3O7/c1-4-11-35-14-16-37-17-15-36-13-10-31-21-26(29-30-31)7-5-8-27(34)9-6-12-38-28-19-24(22(2)32)18-25(20-28)23(3)33/h18-21H,4-17H2,1-3H3. The molecule has 0 amide bonds. The van der Waals surface area contributed by atoms with Crippen LogP contribution in [0.4, 0.5) is 0 Å². The van der Waals surface area contributed by atoms with Crippen molar-refractivity contribution in [1.82, 2.24) is 15.0 Å². The number of hydrogen-bond acceptors (Lipinski definition) is 9. The summed E-state index contributed by atoms with van der Waals surface area (Å²) in [5.41, 5.74) is 1.72. The Morgan fingerprint density at radius 2 is 1.39 bits per heavy atom. The van der Waals surface area contributed by atoms with Crippen molar-refractivity contribution in [3.8, 4) is 5.75 Å². The molecule has 0 aliphatic rings. The molecule has 2 aromatic rings. The number of aryl methyl sites for hydroxylation is 1. The van der Waals surface area contributed by atoms with E-state index in [4.69, 9.17) is 18.9 Å². The minimum atomic E-state index is -0.133. The van der Waals surface area contributed by atoms with Crippen LogP contribution in [-0.2, 0) is 32.0 Å². The van der Waals surface area contributed by atoms with Gasteiger partial charge in [0.15, 0.2) is 11.6 Å². The highest BCUT2D eigenvalue weighted by Gasteiger charge is 2.10. The number of Topliss-reactive ketones (excluding diaryl/α,β-unsaturated/α-hetero) is 3. The van der Waals surface area contributed by atoms with Crippen LogP contribution in [0, 0.1) is 0 Å². The number of ether oxygens (including phenoxy) is 4. The van der Waals surface area contributed by atoms with Crippen LogP contribution in [0.5, 0.6) is 5.75 Å². The molecule has 0 saturated heterocycles. The van der Waals surface area contributed by atoms with Crippen molar-refractivity contribution < 1.29 is 33.3 Å². The minimum absolute atomic E-state index is 0.133. The molecule has 2 rings (SSSR count). The van der Waals surface area contributed by atoms with E-state index in [1.165, 1.54) is 13.8 Å².